The lowest BCUT2D eigenvalue weighted by atomic mass is 10.1. The van der Waals surface area contributed by atoms with Crippen molar-refractivity contribution in [1.29, 1.82) is 0 Å². The van der Waals surface area contributed by atoms with Gasteiger partial charge in [-0.25, -0.2) is 9.98 Å². The summed E-state index contributed by atoms with van der Waals surface area (Å²) in [7, 11) is 0. The molecule has 0 radical (unpaired) electrons. The second kappa shape index (κ2) is 13.1. The van der Waals surface area contributed by atoms with Gasteiger partial charge in [0, 0.05) is 18.0 Å². The van der Waals surface area contributed by atoms with E-state index in [9.17, 15) is 0 Å². The molecule has 2 rings (SSSR count). The first-order chi connectivity index (χ1) is 13.0. The van der Waals surface area contributed by atoms with Gasteiger partial charge in [0.2, 0.25) is 0 Å². The van der Waals surface area contributed by atoms with Crippen molar-refractivity contribution in [2.45, 2.75) is 54.3 Å². The molecule has 0 saturated heterocycles. The minimum atomic E-state index is 0. The van der Waals surface area contributed by atoms with Gasteiger partial charge in [-0.3, -0.25) is 4.90 Å². The molecule has 0 bridgehead atoms. The first-order valence-corrected chi connectivity index (χ1v) is 10.6. The second-order valence-electron chi connectivity index (χ2n) is 6.57. The van der Waals surface area contributed by atoms with Gasteiger partial charge in [0.1, 0.15) is 0 Å². The van der Waals surface area contributed by atoms with Crippen molar-refractivity contribution >= 4 is 41.3 Å². The quantitative estimate of drug-likeness (QED) is 0.294. The normalized spacial score (nSPS) is 11.4. The zero-order valence-electron chi connectivity index (χ0n) is 17.7. The predicted molar refractivity (Wildman–Crippen MR) is 132 cm³/mol. The topological polar surface area (TPSA) is 52.6 Å². The monoisotopic (exact) mass is 515 g/mol. The number of benzene rings is 1. The first kappa shape index (κ1) is 24.8. The van der Waals surface area contributed by atoms with E-state index in [0.717, 1.165) is 49.4 Å². The molecule has 0 amide bonds. The molecule has 1 aromatic heterocycles. The molecule has 0 aliphatic carbocycles. The third-order valence-corrected chi connectivity index (χ3v) is 5.54. The Labute approximate surface area is 191 Å². The fourth-order valence-corrected chi connectivity index (χ4v) is 3.82. The number of nitrogens with one attached hydrogen (secondary N) is 2. The molecule has 5 nitrogen and oxygen atoms in total. The molecular formula is C21H34IN5S. The van der Waals surface area contributed by atoms with Crippen LogP contribution in [-0.4, -0.2) is 35.5 Å². The summed E-state index contributed by atoms with van der Waals surface area (Å²) in [5, 5.41) is 7.86. The third-order valence-electron chi connectivity index (χ3n) is 4.47. The van der Waals surface area contributed by atoms with Crippen LogP contribution in [0.5, 0.6) is 0 Å². The summed E-state index contributed by atoms with van der Waals surface area (Å²) in [4.78, 5) is 12.9. The summed E-state index contributed by atoms with van der Waals surface area (Å²) in [6, 6.07) is 8.75. The number of guanidine groups is 1. The van der Waals surface area contributed by atoms with Crippen molar-refractivity contribution in [2.24, 2.45) is 4.99 Å². The van der Waals surface area contributed by atoms with E-state index in [1.807, 2.05) is 6.92 Å². The van der Waals surface area contributed by atoms with Crippen LogP contribution in [-0.2, 0) is 19.6 Å². The predicted octanol–water partition coefficient (Wildman–Crippen LogP) is 4.48. The van der Waals surface area contributed by atoms with Gasteiger partial charge >= 0.3 is 0 Å². The molecule has 0 saturated carbocycles. The number of hydrogen-bond donors (Lipinski definition) is 2. The summed E-state index contributed by atoms with van der Waals surface area (Å²) in [5.41, 5.74) is 3.69. The highest BCUT2D eigenvalue weighted by molar-refractivity contribution is 14.0. The van der Waals surface area contributed by atoms with Crippen LogP contribution in [0.3, 0.4) is 0 Å². The zero-order chi connectivity index (χ0) is 19.6. The molecular weight excluding hydrogens is 481 g/mol. The molecule has 0 atom stereocenters. The number of halogens is 1. The lowest BCUT2D eigenvalue weighted by Gasteiger charge is -2.18. The maximum absolute atomic E-state index is 4.76. The minimum Gasteiger partial charge on any atom is -0.357 e. The Morgan fingerprint density at radius 1 is 1.11 bits per heavy atom. The largest absolute Gasteiger partial charge is 0.357 e. The molecule has 2 aromatic rings. The van der Waals surface area contributed by atoms with E-state index in [2.05, 4.69) is 72.5 Å². The Hall–Kier alpha value is -1.19. The van der Waals surface area contributed by atoms with Gasteiger partial charge in [-0.05, 0) is 45.0 Å². The van der Waals surface area contributed by atoms with Gasteiger partial charge in [-0.1, -0.05) is 38.1 Å². The van der Waals surface area contributed by atoms with Gasteiger partial charge in [0.25, 0.3) is 0 Å². The zero-order valence-corrected chi connectivity index (χ0v) is 20.9. The van der Waals surface area contributed by atoms with Crippen LogP contribution in [0.4, 0.5) is 0 Å². The highest BCUT2D eigenvalue weighted by Crippen LogP contribution is 2.16. The fraction of sp³-hybridized carbons (Fsp3) is 0.524. The number of rotatable bonds is 9. The van der Waals surface area contributed by atoms with Crippen molar-refractivity contribution < 1.29 is 0 Å². The summed E-state index contributed by atoms with van der Waals surface area (Å²) in [6.45, 7) is 16.0. The molecule has 2 N–H and O–H groups in total. The smallest absolute Gasteiger partial charge is 0.191 e. The summed E-state index contributed by atoms with van der Waals surface area (Å²) >= 11 is 1.74. The fourth-order valence-electron chi connectivity index (χ4n) is 2.95. The molecule has 0 fully saturated rings. The molecule has 0 aliphatic rings. The Balaban J connectivity index is 0.00000392. The molecule has 0 aliphatic heterocycles. The Morgan fingerprint density at radius 2 is 1.82 bits per heavy atom. The third kappa shape index (κ3) is 8.05. The van der Waals surface area contributed by atoms with E-state index in [0.29, 0.717) is 6.54 Å². The lowest BCUT2D eigenvalue weighted by Crippen LogP contribution is -2.36. The first-order valence-electron chi connectivity index (χ1n) is 9.80. The highest BCUT2D eigenvalue weighted by atomic mass is 127. The van der Waals surface area contributed by atoms with Crippen LogP contribution >= 0.6 is 35.3 Å². The number of aliphatic imine (C=N–C) groups is 1. The maximum atomic E-state index is 4.76. The average Bonchev–Trinajstić information content (AvgIpc) is 2.99. The summed E-state index contributed by atoms with van der Waals surface area (Å²) in [5.74, 6) is 0.845. The number of aromatic nitrogens is 1. The Bertz CT molecular complexity index is 740. The number of nitrogens with zero attached hydrogens (tertiary/aromatic N) is 3. The number of aryl methyl sites for hydroxylation is 2. The van der Waals surface area contributed by atoms with Crippen molar-refractivity contribution in [3.63, 3.8) is 0 Å². The summed E-state index contributed by atoms with van der Waals surface area (Å²) < 4.78 is 0. The minimum absolute atomic E-state index is 0. The van der Waals surface area contributed by atoms with Gasteiger partial charge in [-0.15, -0.1) is 35.3 Å². The molecule has 0 spiro atoms. The van der Waals surface area contributed by atoms with Crippen LogP contribution in [0.15, 0.2) is 29.3 Å². The molecule has 1 heterocycles. The second-order valence-corrected chi connectivity index (χ2v) is 7.86. The maximum Gasteiger partial charge on any atom is 0.191 e. The van der Waals surface area contributed by atoms with Gasteiger partial charge < -0.3 is 10.6 Å². The molecule has 0 unspecified atom stereocenters. The van der Waals surface area contributed by atoms with Crippen LogP contribution in [0, 0.1) is 13.8 Å². The van der Waals surface area contributed by atoms with Crippen molar-refractivity contribution in [2.75, 3.05) is 19.6 Å². The molecule has 7 heteroatoms. The van der Waals surface area contributed by atoms with Gasteiger partial charge in [0.15, 0.2) is 5.96 Å². The van der Waals surface area contributed by atoms with Crippen molar-refractivity contribution in [3.05, 3.63) is 51.0 Å². The van der Waals surface area contributed by atoms with Crippen LogP contribution in [0.2, 0.25) is 0 Å². The van der Waals surface area contributed by atoms with E-state index < -0.39 is 0 Å². The molecule has 1 aromatic carbocycles. The Morgan fingerprint density at radius 3 is 2.43 bits per heavy atom. The van der Waals surface area contributed by atoms with E-state index in [1.54, 1.807) is 11.3 Å². The number of thiazole rings is 1. The van der Waals surface area contributed by atoms with E-state index in [1.165, 1.54) is 16.0 Å². The standard InChI is InChI=1S/C21H33N5S.HI/c1-6-22-21(24-14-20-16(4)25-17(5)27-20)23-13-18-10-9-11-19(12-18)15-26(7-2)8-3;/h9-12H,6-8,13-15H2,1-5H3,(H2,22,23,24);1H. The van der Waals surface area contributed by atoms with Crippen LogP contribution in [0.25, 0.3) is 0 Å². The lowest BCUT2D eigenvalue weighted by molar-refractivity contribution is 0.296. The molecule has 28 heavy (non-hydrogen) atoms. The van der Waals surface area contributed by atoms with Crippen molar-refractivity contribution in [3.8, 4) is 0 Å². The number of hydrogen-bond acceptors (Lipinski definition) is 4. The van der Waals surface area contributed by atoms with E-state index >= 15 is 0 Å². The SMILES string of the molecule is CCNC(=NCc1cccc(CN(CC)CC)c1)NCc1sc(C)nc1C.I. The van der Waals surface area contributed by atoms with E-state index in [4.69, 9.17) is 4.99 Å². The van der Waals surface area contributed by atoms with Crippen LogP contribution in [0.1, 0.15) is 47.5 Å². The summed E-state index contributed by atoms with van der Waals surface area (Å²) in [6.07, 6.45) is 0. The Kier molecular flexibility index (Phi) is 11.6. The van der Waals surface area contributed by atoms with Gasteiger partial charge in [-0.2, -0.15) is 0 Å². The molecule has 156 valence electrons. The highest BCUT2D eigenvalue weighted by Gasteiger charge is 2.06. The average molecular weight is 516 g/mol. The van der Waals surface area contributed by atoms with Crippen molar-refractivity contribution in [1.82, 2.24) is 20.5 Å². The van der Waals surface area contributed by atoms with Gasteiger partial charge in [0.05, 0.1) is 23.8 Å². The van der Waals surface area contributed by atoms with Crippen LogP contribution < -0.4 is 10.6 Å². The van der Waals surface area contributed by atoms with E-state index in [-0.39, 0.29) is 24.0 Å².